The monoisotopic (exact) mass is 367 g/mol. The maximum absolute atomic E-state index is 12.5. The summed E-state index contributed by atoms with van der Waals surface area (Å²) in [5.74, 6) is 0.150. The number of carbonyl (C=O) groups is 1. The Morgan fingerprint density at radius 3 is 2.59 bits per heavy atom. The Labute approximate surface area is 155 Å². The van der Waals surface area contributed by atoms with Crippen LogP contribution in [0.5, 0.6) is 11.5 Å². The molecule has 1 amide bonds. The maximum atomic E-state index is 12.5. The largest absolute Gasteiger partial charge is 0.493 e. The minimum Gasteiger partial charge on any atom is -0.493 e. The van der Waals surface area contributed by atoms with Crippen LogP contribution in [0.2, 0.25) is 0 Å². The van der Waals surface area contributed by atoms with E-state index in [1.165, 1.54) is 38.5 Å². The van der Waals surface area contributed by atoms with E-state index in [0.29, 0.717) is 22.6 Å². The number of non-ortho nitro benzene ring substituents is 1. The second kappa shape index (κ2) is 8.49. The van der Waals surface area contributed by atoms with Gasteiger partial charge in [0.15, 0.2) is 11.5 Å². The molecule has 1 N–H and O–H groups in total. The van der Waals surface area contributed by atoms with E-state index < -0.39 is 10.8 Å². The minimum absolute atomic E-state index is 0.159. The molecule has 2 aromatic carbocycles. The molecule has 2 aromatic rings. The number of rotatable bonds is 6. The molecule has 138 valence electrons. The van der Waals surface area contributed by atoms with E-state index in [9.17, 15) is 20.2 Å². The van der Waals surface area contributed by atoms with Gasteiger partial charge in [0.2, 0.25) is 0 Å². The quantitative estimate of drug-likeness (QED) is 0.362. The number of nitro groups is 1. The second-order valence-corrected chi connectivity index (χ2v) is 5.46. The molecular formula is C19H17N3O5. The van der Waals surface area contributed by atoms with Crippen LogP contribution in [0.4, 0.5) is 11.4 Å². The number of para-hydroxylation sites is 1. The van der Waals surface area contributed by atoms with Gasteiger partial charge in [-0.25, -0.2) is 0 Å². The predicted octanol–water partition coefficient (Wildman–Crippen LogP) is 3.47. The third-order valence-corrected chi connectivity index (χ3v) is 3.78. The second-order valence-electron chi connectivity index (χ2n) is 5.46. The highest BCUT2D eigenvalue weighted by Crippen LogP contribution is 2.32. The minimum atomic E-state index is -0.689. The Kier molecular flexibility index (Phi) is 6.12. The number of nitrogens with zero attached hydrogens (tertiary/aromatic N) is 2. The van der Waals surface area contributed by atoms with Crippen LogP contribution in [-0.4, -0.2) is 25.1 Å². The summed E-state index contributed by atoms with van der Waals surface area (Å²) in [6.07, 6.45) is 1.36. The normalized spacial score (nSPS) is 10.7. The van der Waals surface area contributed by atoms with Gasteiger partial charge in [-0.15, -0.1) is 0 Å². The number of benzene rings is 2. The van der Waals surface area contributed by atoms with Gasteiger partial charge >= 0.3 is 0 Å². The van der Waals surface area contributed by atoms with Crippen LogP contribution in [-0.2, 0) is 4.79 Å². The molecule has 27 heavy (non-hydrogen) atoms. The van der Waals surface area contributed by atoms with Gasteiger partial charge < -0.3 is 14.8 Å². The first-order valence-corrected chi connectivity index (χ1v) is 7.80. The zero-order valence-electron chi connectivity index (χ0n) is 15.0. The molecule has 0 aliphatic rings. The molecule has 0 fully saturated rings. The first kappa shape index (κ1) is 19.5. The lowest BCUT2D eigenvalue weighted by molar-refractivity contribution is -0.384. The van der Waals surface area contributed by atoms with E-state index in [1.54, 1.807) is 25.1 Å². The fraction of sp³-hybridized carbons (Fsp3) is 0.158. The van der Waals surface area contributed by atoms with Gasteiger partial charge in [-0.05, 0) is 24.6 Å². The molecule has 0 heterocycles. The summed E-state index contributed by atoms with van der Waals surface area (Å²) in [4.78, 5) is 22.8. The van der Waals surface area contributed by atoms with E-state index in [4.69, 9.17) is 9.47 Å². The predicted molar refractivity (Wildman–Crippen MR) is 99.6 cm³/mol. The molecule has 0 spiro atoms. The van der Waals surface area contributed by atoms with E-state index in [1.807, 2.05) is 6.07 Å². The van der Waals surface area contributed by atoms with Crippen molar-refractivity contribution in [3.05, 3.63) is 63.2 Å². The Balaban J connectivity index is 2.38. The molecule has 0 aliphatic carbocycles. The number of hydrogen-bond acceptors (Lipinski definition) is 6. The van der Waals surface area contributed by atoms with Crippen LogP contribution in [0.15, 0.2) is 42.0 Å². The summed E-state index contributed by atoms with van der Waals surface area (Å²) in [6.45, 7) is 1.69. The fourth-order valence-electron chi connectivity index (χ4n) is 2.38. The molecule has 8 heteroatoms. The Morgan fingerprint density at radius 2 is 2.00 bits per heavy atom. The number of nitriles is 1. The summed E-state index contributed by atoms with van der Waals surface area (Å²) in [7, 11) is 2.93. The number of nitro benzene ring substituents is 1. The molecular weight excluding hydrogens is 350 g/mol. The van der Waals surface area contributed by atoms with E-state index in [0.717, 1.165) is 0 Å². The number of anilines is 1. The van der Waals surface area contributed by atoms with Gasteiger partial charge in [0.1, 0.15) is 11.6 Å². The zero-order valence-corrected chi connectivity index (χ0v) is 15.0. The van der Waals surface area contributed by atoms with Crippen molar-refractivity contribution < 1.29 is 19.2 Å². The van der Waals surface area contributed by atoms with Crippen LogP contribution in [0.1, 0.15) is 11.1 Å². The van der Waals surface area contributed by atoms with Crippen LogP contribution >= 0.6 is 0 Å². The molecule has 0 aliphatic heterocycles. The first-order valence-electron chi connectivity index (χ1n) is 7.80. The number of aryl methyl sites for hydroxylation is 1. The van der Waals surface area contributed by atoms with Gasteiger partial charge in [-0.3, -0.25) is 14.9 Å². The molecule has 0 bridgehead atoms. The lowest BCUT2D eigenvalue weighted by atomic mass is 10.1. The number of hydrogen-bond donors (Lipinski definition) is 1. The van der Waals surface area contributed by atoms with Gasteiger partial charge in [0.25, 0.3) is 11.6 Å². The smallest absolute Gasteiger partial charge is 0.271 e. The molecule has 0 atom stereocenters. The van der Waals surface area contributed by atoms with E-state index in [-0.39, 0.29) is 16.9 Å². The van der Waals surface area contributed by atoms with Crippen LogP contribution in [0, 0.1) is 28.4 Å². The summed E-state index contributed by atoms with van der Waals surface area (Å²) in [6, 6.07) is 11.0. The molecule has 0 saturated heterocycles. The van der Waals surface area contributed by atoms with Crippen LogP contribution < -0.4 is 14.8 Å². The molecule has 0 unspecified atom stereocenters. The average molecular weight is 367 g/mol. The lowest BCUT2D eigenvalue weighted by Gasteiger charge is -2.11. The summed E-state index contributed by atoms with van der Waals surface area (Å²) < 4.78 is 10.5. The van der Waals surface area contributed by atoms with Crippen molar-refractivity contribution in [2.75, 3.05) is 19.5 Å². The molecule has 2 rings (SSSR count). The third-order valence-electron chi connectivity index (χ3n) is 3.78. The van der Waals surface area contributed by atoms with Crippen LogP contribution in [0.25, 0.3) is 6.08 Å². The summed E-state index contributed by atoms with van der Waals surface area (Å²) in [5.41, 5.74) is 1.03. The zero-order chi connectivity index (χ0) is 20.0. The van der Waals surface area contributed by atoms with Gasteiger partial charge in [-0.1, -0.05) is 18.2 Å². The summed E-state index contributed by atoms with van der Waals surface area (Å²) >= 11 is 0. The maximum Gasteiger partial charge on any atom is 0.271 e. The summed E-state index contributed by atoms with van der Waals surface area (Å²) in [5, 5.41) is 22.8. The number of methoxy groups -OCH3 is 2. The van der Waals surface area contributed by atoms with Crippen molar-refractivity contribution in [2.45, 2.75) is 6.92 Å². The SMILES string of the molecule is COc1cccc(C=C(C#N)C(=O)Nc2cc([N+](=O)[O-])ccc2C)c1OC. The van der Waals surface area contributed by atoms with Crippen LogP contribution in [0.3, 0.4) is 0 Å². The average Bonchev–Trinajstić information content (AvgIpc) is 2.66. The molecule has 0 saturated carbocycles. The highest BCUT2D eigenvalue weighted by Gasteiger charge is 2.16. The Hall–Kier alpha value is -3.86. The van der Waals surface area contributed by atoms with Crippen molar-refractivity contribution in [1.82, 2.24) is 0 Å². The number of nitrogens with one attached hydrogen (secondary N) is 1. The first-order chi connectivity index (χ1) is 12.9. The van der Waals surface area contributed by atoms with E-state index >= 15 is 0 Å². The van der Waals surface area contributed by atoms with Crippen molar-refractivity contribution in [3.63, 3.8) is 0 Å². The molecule has 0 radical (unpaired) electrons. The number of amides is 1. The van der Waals surface area contributed by atoms with Gasteiger partial charge in [0.05, 0.1) is 24.8 Å². The van der Waals surface area contributed by atoms with Crippen molar-refractivity contribution in [3.8, 4) is 17.6 Å². The lowest BCUT2D eigenvalue weighted by Crippen LogP contribution is -2.14. The Bertz CT molecular complexity index is 960. The fourth-order valence-corrected chi connectivity index (χ4v) is 2.38. The topological polar surface area (TPSA) is 114 Å². The highest BCUT2D eigenvalue weighted by molar-refractivity contribution is 6.10. The van der Waals surface area contributed by atoms with E-state index in [2.05, 4.69) is 5.32 Å². The van der Waals surface area contributed by atoms with Crippen molar-refractivity contribution >= 4 is 23.4 Å². The third kappa shape index (κ3) is 4.41. The van der Waals surface area contributed by atoms with Crippen molar-refractivity contribution in [2.24, 2.45) is 0 Å². The number of ether oxygens (including phenoxy) is 2. The highest BCUT2D eigenvalue weighted by atomic mass is 16.6. The van der Waals surface area contributed by atoms with Gasteiger partial charge in [-0.2, -0.15) is 5.26 Å². The molecule has 0 aromatic heterocycles. The standard InChI is InChI=1S/C19H17N3O5/c1-12-7-8-15(22(24)25)10-16(12)21-19(23)14(11-20)9-13-5-4-6-17(26-2)18(13)27-3/h4-10H,1-3H3,(H,21,23). The molecule has 8 nitrogen and oxygen atoms in total. The Morgan fingerprint density at radius 1 is 1.26 bits per heavy atom. The van der Waals surface area contributed by atoms with Gasteiger partial charge in [0, 0.05) is 17.7 Å². The number of carbonyl (C=O) groups excluding carboxylic acids is 1. The van der Waals surface area contributed by atoms with Crippen molar-refractivity contribution in [1.29, 1.82) is 5.26 Å².